The second-order valence-electron chi connectivity index (χ2n) is 5.28. The fourth-order valence-electron chi connectivity index (χ4n) is 2.36. The van der Waals surface area contributed by atoms with Crippen molar-refractivity contribution in [2.75, 3.05) is 58.3 Å². The molecule has 0 atom stereocenters. The van der Waals surface area contributed by atoms with E-state index < -0.39 is 0 Å². The van der Waals surface area contributed by atoms with Gasteiger partial charge in [-0.3, -0.25) is 9.69 Å². The number of halogens is 1. The third kappa shape index (κ3) is 3.84. The van der Waals surface area contributed by atoms with Crippen LogP contribution in [0.5, 0.6) is 0 Å². The number of β-amino-alcohol motifs (C(OH)–C–C–N with tert-alkyl or cyclic N) is 1. The van der Waals surface area contributed by atoms with Crippen LogP contribution in [-0.2, 0) is 0 Å². The van der Waals surface area contributed by atoms with Crippen LogP contribution in [0.15, 0.2) is 12.3 Å². The van der Waals surface area contributed by atoms with Gasteiger partial charge >= 0.3 is 0 Å². The van der Waals surface area contributed by atoms with Crippen LogP contribution in [0.4, 0.5) is 5.82 Å². The van der Waals surface area contributed by atoms with Gasteiger partial charge in [-0.25, -0.2) is 4.98 Å². The van der Waals surface area contributed by atoms with Crippen molar-refractivity contribution in [2.24, 2.45) is 0 Å². The van der Waals surface area contributed by atoms with E-state index in [1.807, 2.05) is 0 Å². The second kappa shape index (κ2) is 7.06. The molecule has 2 rings (SSSR count). The Kier molecular flexibility index (Phi) is 5.39. The van der Waals surface area contributed by atoms with E-state index in [2.05, 4.69) is 14.8 Å². The average molecular weight is 313 g/mol. The Morgan fingerprint density at radius 2 is 2.05 bits per heavy atom. The van der Waals surface area contributed by atoms with E-state index in [0.29, 0.717) is 17.1 Å². The first-order valence-electron chi connectivity index (χ1n) is 6.98. The van der Waals surface area contributed by atoms with Gasteiger partial charge in [-0.1, -0.05) is 11.6 Å². The second-order valence-corrected chi connectivity index (χ2v) is 5.69. The van der Waals surface area contributed by atoms with Crippen LogP contribution in [-0.4, -0.2) is 79.2 Å². The van der Waals surface area contributed by atoms with Gasteiger partial charge in [-0.05, 0) is 6.07 Å². The Balaban J connectivity index is 2.07. The topological polar surface area (TPSA) is 59.9 Å². The van der Waals surface area contributed by atoms with Gasteiger partial charge in [0.1, 0.15) is 5.82 Å². The van der Waals surface area contributed by atoms with E-state index in [4.69, 9.17) is 16.7 Å². The zero-order chi connectivity index (χ0) is 15.4. The number of rotatable bonds is 4. The van der Waals surface area contributed by atoms with Gasteiger partial charge in [0.25, 0.3) is 5.91 Å². The maximum absolute atomic E-state index is 11.9. The summed E-state index contributed by atoms with van der Waals surface area (Å²) in [5.74, 6) is 0.610. The lowest BCUT2D eigenvalue weighted by Crippen LogP contribution is -2.47. The van der Waals surface area contributed by atoms with Crippen LogP contribution in [0, 0.1) is 0 Å². The summed E-state index contributed by atoms with van der Waals surface area (Å²) >= 11 is 6.28. The van der Waals surface area contributed by atoms with E-state index in [0.717, 1.165) is 32.0 Å². The first kappa shape index (κ1) is 16.0. The molecule has 0 aromatic carbocycles. The fraction of sp³-hybridized carbons (Fsp3) is 0.571. The minimum Gasteiger partial charge on any atom is -0.395 e. The molecule has 1 aliphatic heterocycles. The lowest BCUT2D eigenvalue weighted by atomic mass is 10.2. The molecule has 1 saturated heterocycles. The maximum Gasteiger partial charge on any atom is 0.254 e. The normalized spacial score (nSPS) is 16.1. The number of hydrogen-bond acceptors (Lipinski definition) is 5. The summed E-state index contributed by atoms with van der Waals surface area (Å²) in [7, 11) is 3.40. The van der Waals surface area contributed by atoms with Gasteiger partial charge in [0.05, 0.1) is 17.2 Å². The Hall–Kier alpha value is -1.37. The van der Waals surface area contributed by atoms with Gasteiger partial charge in [0, 0.05) is 53.0 Å². The predicted molar refractivity (Wildman–Crippen MR) is 83.0 cm³/mol. The number of carbonyl (C=O) groups is 1. The minimum atomic E-state index is -0.108. The number of piperazine rings is 1. The highest BCUT2D eigenvalue weighted by Crippen LogP contribution is 2.25. The van der Waals surface area contributed by atoms with Crippen molar-refractivity contribution < 1.29 is 9.90 Å². The zero-order valence-electron chi connectivity index (χ0n) is 12.4. The van der Waals surface area contributed by atoms with E-state index in [-0.39, 0.29) is 12.5 Å². The van der Waals surface area contributed by atoms with Crippen molar-refractivity contribution in [2.45, 2.75) is 0 Å². The van der Waals surface area contributed by atoms with Gasteiger partial charge in [0.15, 0.2) is 0 Å². The number of nitrogens with zero attached hydrogens (tertiary/aromatic N) is 4. The van der Waals surface area contributed by atoms with Crippen LogP contribution in [0.25, 0.3) is 0 Å². The summed E-state index contributed by atoms with van der Waals surface area (Å²) in [4.78, 5) is 22.1. The first-order valence-corrected chi connectivity index (χ1v) is 7.36. The van der Waals surface area contributed by atoms with E-state index in [1.54, 1.807) is 26.4 Å². The number of anilines is 1. The number of amides is 1. The monoisotopic (exact) mass is 312 g/mol. The molecule has 0 saturated carbocycles. The summed E-state index contributed by atoms with van der Waals surface area (Å²) in [6.45, 7) is 4.25. The SMILES string of the molecule is CN(C)C(=O)c1cnc(N2CCN(CCO)CC2)c(Cl)c1. The summed E-state index contributed by atoms with van der Waals surface area (Å²) in [6, 6.07) is 1.67. The fourth-order valence-corrected chi connectivity index (χ4v) is 2.65. The van der Waals surface area contributed by atoms with E-state index in [1.165, 1.54) is 4.90 Å². The minimum absolute atomic E-state index is 0.108. The number of carbonyl (C=O) groups excluding carboxylic acids is 1. The Labute approximate surface area is 129 Å². The van der Waals surface area contributed by atoms with E-state index >= 15 is 0 Å². The van der Waals surface area contributed by atoms with Crippen molar-refractivity contribution in [3.8, 4) is 0 Å². The summed E-state index contributed by atoms with van der Waals surface area (Å²) < 4.78 is 0. The molecule has 2 heterocycles. The average Bonchev–Trinajstić information content (AvgIpc) is 2.47. The van der Waals surface area contributed by atoms with Crippen LogP contribution >= 0.6 is 11.6 Å². The van der Waals surface area contributed by atoms with Gasteiger partial charge in [-0.2, -0.15) is 0 Å². The highest BCUT2D eigenvalue weighted by molar-refractivity contribution is 6.33. The van der Waals surface area contributed by atoms with Crippen molar-refractivity contribution in [3.63, 3.8) is 0 Å². The number of aromatic nitrogens is 1. The molecule has 1 N–H and O–H groups in total. The number of pyridine rings is 1. The smallest absolute Gasteiger partial charge is 0.254 e. The summed E-state index contributed by atoms with van der Waals surface area (Å²) in [6.07, 6.45) is 1.57. The highest BCUT2D eigenvalue weighted by Gasteiger charge is 2.20. The molecule has 1 aromatic rings. The van der Waals surface area contributed by atoms with Crippen LogP contribution in [0.1, 0.15) is 10.4 Å². The van der Waals surface area contributed by atoms with Crippen LogP contribution in [0.2, 0.25) is 5.02 Å². The molecule has 6 nitrogen and oxygen atoms in total. The van der Waals surface area contributed by atoms with Gasteiger partial charge < -0.3 is 14.9 Å². The lowest BCUT2D eigenvalue weighted by molar-refractivity contribution is 0.0827. The molecule has 0 spiro atoms. The zero-order valence-corrected chi connectivity index (χ0v) is 13.2. The van der Waals surface area contributed by atoms with Crippen molar-refractivity contribution in [1.82, 2.24) is 14.8 Å². The number of aliphatic hydroxyl groups excluding tert-OH is 1. The molecule has 21 heavy (non-hydrogen) atoms. The molecule has 7 heteroatoms. The van der Waals surface area contributed by atoms with Crippen LogP contribution in [0.3, 0.4) is 0 Å². The predicted octanol–water partition coefficient (Wildman–Crippen LogP) is 0.551. The van der Waals surface area contributed by atoms with Crippen molar-refractivity contribution in [1.29, 1.82) is 0 Å². The Bertz CT molecular complexity index is 502. The third-order valence-electron chi connectivity index (χ3n) is 3.56. The molecule has 0 aliphatic carbocycles. The number of aliphatic hydroxyl groups is 1. The van der Waals surface area contributed by atoms with Crippen molar-refractivity contribution >= 4 is 23.3 Å². The summed E-state index contributed by atoms with van der Waals surface area (Å²) in [5, 5.41) is 9.45. The molecule has 0 unspecified atom stereocenters. The van der Waals surface area contributed by atoms with E-state index in [9.17, 15) is 4.79 Å². The standard InChI is InChI=1S/C14H21ClN4O2/c1-17(2)14(21)11-9-12(15)13(16-10-11)19-5-3-18(4-6-19)7-8-20/h9-10,20H,3-8H2,1-2H3. The molecule has 1 aliphatic rings. The molecule has 1 fully saturated rings. The largest absolute Gasteiger partial charge is 0.395 e. The van der Waals surface area contributed by atoms with Crippen molar-refractivity contribution in [3.05, 3.63) is 22.8 Å². The van der Waals surface area contributed by atoms with Gasteiger partial charge in [0.2, 0.25) is 0 Å². The quantitative estimate of drug-likeness (QED) is 0.880. The first-order chi connectivity index (χ1) is 10.0. The van der Waals surface area contributed by atoms with Crippen LogP contribution < -0.4 is 4.90 Å². The maximum atomic E-state index is 11.9. The molecule has 0 radical (unpaired) electrons. The molecule has 116 valence electrons. The highest BCUT2D eigenvalue weighted by atomic mass is 35.5. The molecular formula is C14H21ClN4O2. The summed E-state index contributed by atoms with van der Waals surface area (Å²) in [5.41, 5.74) is 0.493. The molecule has 1 aromatic heterocycles. The third-order valence-corrected chi connectivity index (χ3v) is 3.84. The Morgan fingerprint density at radius 1 is 1.38 bits per heavy atom. The Morgan fingerprint density at radius 3 is 2.57 bits per heavy atom. The lowest BCUT2D eigenvalue weighted by Gasteiger charge is -2.35. The van der Waals surface area contributed by atoms with Gasteiger partial charge in [-0.15, -0.1) is 0 Å². The number of hydrogen-bond donors (Lipinski definition) is 1. The molecular weight excluding hydrogens is 292 g/mol. The molecule has 0 bridgehead atoms. The molecule has 1 amide bonds.